The van der Waals surface area contributed by atoms with Gasteiger partial charge in [0, 0.05) is 19.3 Å². The highest BCUT2D eigenvalue weighted by Crippen LogP contribution is 2.28. The van der Waals surface area contributed by atoms with Gasteiger partial charge in [0.15, 0.2) is 0 Å². The van der Waals surface area contributed by atoms with E-state index < -0.39 is 0 Å². The van der Waals surface area contributed by atoms with Gasteiger partial charge in [-0.25, -0.2) is 0 Å². The predicted molar refractivity (Wildman–Crippen MR) is 88.1 cm³/mol. The third-order valence-corrected chi connectivity index (χ3v) is 4.22. The molecular weight excluding hydrogens is 331 g/mol. The molecule has 0 heterocycles. The first-order valence-corrected chi connectivity index (χ1v) is 7.27. The first-order valence-electron chi connectivity index (χ1n) is 6.14. The third kappa shape index (κ3) is 3.43. The molecule has 1 amide bonds. The maximum Gasteiger partial charge on any atom is 0.257 e. The van der Waals surface area contributed by atoms with E-state index >= 15 is 0 Å². The molecule has 0 radical (unpaired) electrons. The summed E-state index contributed by atoms with van der Waals surface area (Å²) in [6.45, 7) is 0.308. The quantitative estimate of drug-likeness (QED) is 0.834. The van der Waals surface area contributed by atoms with Crippen LogP contribution in [0, 0.1) is 0 Å². The Labute approximate surface area is 138 Å². The number of benzene rings is 2. The Morgan fingerprint density at radius 3 is 2.38 bits per heavy atom. The summed E-state index contributed by atoms with van der Waals surface area (Å²) >= 11 is 18.2. The van der Waals surface area contributed by atoms with E-state index in [9.17, 15) is 4.79 Å². The van der Waals surface area contributed by atoms with E-state index in [-0.39, 0.29) is 5.91 Å². The minimum Gasteiger partial charge on any atom is -0.398 e. The second-order valence-corrected chi connectivity index (χ2v) is 5.77. The average Bonchev–Trinajstić information content (AvgIpc) is 2.43. The molecule has 2 aromatic carbocycles. The zero-order chi connectivity index (χ0) is 15.6. The van der Waals surface area contributed by atoms with Crippen LogP contribution in [0.25, 0.3) is 0 Å². The fraction of sp³-hybridized carbons (Fsp3) is 0.133. The summed E-state index contributed by atoms with van der Waals surface area (Å²) in [6, 6.07) is 10.3. The SMILES string of the molecule is CN(Cc1cccc(Cl)c1Cl)C(=O)c1c(N)cccc1Cl. The van der Waals surface area contributed by atoms with Crippen molar-refractivity contribution in [3.63, 3.8) is 0 Å². The van der Waals surface area contributed by atoms with Gasteiger partial charge in [-0.2, -0.15) is 0 Å². The van der Waals surface area contributed by atoms with Crippen LogP contribution in [0.5, 0.6) is 0 Å². The van der Waals surface area contributed by atoms with Crippen molar-refractivity contribution in [3.05, 3.63) is 62.6 Å². The van der Waals surface area contributed by atoms with Gasteiger partial charge in [-0.3, -0.25) is 4.79 Å². The van der Waals surface area contributed by atoms with Crippen molar-refractivity contribution >= 4 is 46.4 Å². The first-order chi connectivity index (χ1) is 9.91. The standard InChI is InChI=1S/C15H13Cl3N2O/c1-20(8-9-4-2-6-11(17)14(9)18)15(21)13-10(16)5-3-7-12(13)19/h2-7H,8,19H2,1H3. The molecule has 0 aromatic heterocycles. The van der Waals surface area contributed by atoms with Crippen molar-refractivity contribution < 1.29 is 4.79 Å². The number of rotatable bonds is 3. The maximum atomic E-state index is 12.5. The molecule has 2 N–H and O–H groups in total. The van der Waals surface area contributed by atoms with Crippen LogP contribution in [0.1, 0.15) is 15.9 Å². The Morgan fingerprint density at radius 2 is 1.71 bits per heavy atom. The van der Waals surface area contributed by atoms with Gasteiger partial charge in [-0.1, -0.05) is 53.0 Å². The summed E-state index contributed by atoms with van der Waals surface area (Å²) < 4.78 is 0. The second kappa shape index (κ2) is 6.56. The van der Waals surface area contributed by atoms with E-state index in [0.717, 1.165) is 5.56 Å². The van der Waals surface area contributed by atoms with E-state index in [4.69, 9.17) is 40.5 Å². The minimum absolute atomic E-state index is 0.269. The van der Waals surface area contributed by atoms with E-state index in [1.165, 1.54) is 4.90 Å². The molecule has 2 rings (SSSR count). The molecule has 0 saturated heterocycles. The van der Waals surface area contributed by atoms with Crippen molar-refractivity contribution in [1.29, 1.82) is 0 Å². The monoisotopic (exact) mass is 342 g/mol. The van der Waals surface area contributed by atoms with Crippen LogP contribution < -0.4 is 5.73 Å². The fourth-order valence-electron chi connectivity index (χ4n) is 1.96. The van der Waals surface area contributed by atoms with Crippen LogP contribution in [0.4, 0.5) is 5.69 Å². The lowest BCUT2D eigenvalue weighted by Crippen LogP contribution is -2.27. The molecule has 0 bridgehead atoms. The average molecular weight is 344 g/mol. The van der Waals surface area contributed by atoms with Crippen LogP contribution in [-0.2, 0) is 6.54 Å². The molecule has 110 valence electrons. The van der Waals surface area contributed by atoms with E-state index in [1.54, 1.807) is 37.4 Å². The van der Waals surface area contributed by atoms with Crippen LogP contribution in [0.2, 0.25) is 15.1 Å². The Morgan fingerprint density at radius 1 is 1.10 bits per heavy atom. The molecule has 2 aromatic rings. The molecular formula is C15H13Cl3N2O. The maximum absolute atomic E-state index is 12.5. The number of anilines is 1. The number of nitrogens with zero attached hydrogens (tertiary/aromatic N) is 1. The normalized spacial score (nSPS) is 10.5. The number of amides is 1. The summed E-state index contributed by atoms with van der Waals surface area (Å²) in [5.74, 6) is -0.269. The fourth-order valence-corrected chi connectivity index (χ4v) is 2.60. The second-order valence-electron chi connectivity index (χ2n) is 4.58. The molecule has 0 unspecified atom stereocenters. The minimum atomic E-state index is -0.269. The van der Waals surface area contributed by atoms with Crippen LogP contribution >= 0.6 is 34.8 Å². The largest absolute Gasteiger partial charge is 0.398 e. The molecule has 21 heavy (non-hydrogen) atoms. The zero-order valence-corrected chi connectivity index (χ0v) is 13.5. The number of nitrogens with two attached hydrogens (primary N) is 1. The lowest BCUT2D eigenvalue weighted by atomic mass is 10.1. The Bertz CT molecular complexity index is 668. The van der Waals surface area contributed by atoms with Gasteiger partial charge >= 0.3 is 0 Å². The highest BCUT2D eigenvalue weighted by Gasteiger charge is 2.19. The highest BCUT2D eigenvalue weighted by atomic mass is 35.5. The van der Waals surface area contributed by atoms with E-state index in [2.05, 4.69) is 0 Å². The van der Waals surface area contributed by atoms with Crippen molar-refractivity contribution in [2.45, 2.75) is 6.54 Å². The Hall–Kier alpha value is -1.42. The summed E-state index contributed by atoms with van der Waals surface area (Å²) in [5, 5.41) is 1.21. The van der Waals surface area contributed by atoms with E-state index in [1.807, 2.05) is 6.07 Å². The highest BCUT2D eigenvalue weighted by molar-refractivity contribution is 6.42. The van der Waals surface area contributed by atoms with Crippen LogP contribution in [-0.4, -0.2) is 17.9 Å². The number of carbonyl (C=O) groups excluding carboxylic acids is 1. The number of carbonyl (C=O) groups is 1. The van der Waals surface area contributed by atoms with E-state index in [0.29, 0.717) is 32.9 Å². The summed E-state index contributed by atoms with van der Waals surface area (Å²) in [4.78, 5) is 14.0. The number of hydrogen-bond acceptors (Lipinski definition) is 2. The molecule has 0 aliphatic rings. The topological polar surface area (TPSA) is 46.3 Å². The summed E-state index contributed by atoms with van der Waals surface area (Å²) in [6.07, 6.45) is 0. The van der Waals surface area contributed by atoms with Crippen molar-refractivity contribution in [2.75, 3.05) is 12.8 Å². The first kappa shape index (κ1) is 16.0. The van der Waals surface area contributed by atoms with Crippen molar-refractivity contribution in [1.82, 2.24) is 4.90 Å². The van der Waals surface area contributed by atoms with Gasteiger partial charge in [-0.15, -0.1) is 0 Å². The van der Waals surface area contributed by atoms with Gasteiger partial charge in [0.25, 0.3) is 5.91 Å². The molecule has 0 atom stereocenters. The predicted octanol–water partition coefficient (Wildman–Crippen LogP) is 4.50. The molecule has 0 aliphatic heterocycles. The van der Waals surface area contributed by atoms with Crippen molar-refractivity contribution in [2.24, 2.45) is 0 Å². The number of hydrogen-bond donors (Lipinski definition) is 1. The van der Waals surface area contributed by atoms with Crippen LogP contribution in [0.3, 0.4) is 0 Å². The van der Waals surface area contributed by atoms with Crippen molar-refractivity contribution in [3.8, 4) is 0 Å². The third-order valence-electron chi connectivity index (χ3n) is 3.05. The van der Waals surface area contributed by atoms with Gasteiger partial charge in [0.05, 0.1) is 20.6 Å². The Balaban J connectivity index is 2.26. The van der Waals surface area contributed by atoms with Gasteiger partial charge in [0.1, 0.15) is 0 Å². The van der Waals surface area contributed by atoms with Gasteiger partial charge < -0.3 is 10.6 Å². The zero-order valence-electron chi connectivity index (χ0n) is 11.2. The summed E-state index contributed by atoms with van der Waals surface area (Å²) in [5.41, 5.74) is 7.22. The smallest absolute Gasteiger partial charge is 0.257 e. The lowest BCUT2D eigenvalue weighted by Gasteiger charge is -2.20. The molecule has 3 nitrogen and oxygen atoms in total. The summed E-state index contributed by atoms with van der Waals surface area (Å²) in [7, 11) is 1.66. The van der Waals surface area contributed by atoms with Gasteiger partial charge in [-0.05, 0) is 23.8 Å². The molecule has 0 spiro atoms. The lowest BCUT2D eigenvalue weighted by molar-refractivity contribution is 0.0786. The number of halogens is 3. The Kier molecular flexibility index (Phi) is 4.99. The molecule has 0 aliphatic carbocycles. The molecule has 0 fully saturated rings. The molecule has 6 heteroatoms. The van der Waals surface area contributed by atoms with Crippen LogP contribution in [0.15, 0.2) is 36.4 Å². The molecule has 0 saturated carbocycles. The number of nitrogen functional groups attached to an aromatic ring is 1. The van der Waals surface area contributed by atoms with Gasteiger partial charge in [0.2, 0.25) is 0 Å².